The molecule has 0 aromatic heterocycles. The minimum atomic E-state index is -1.38. The molecule has 2 saturated heterocycles. The summed E-state index contributed by atoms with van der Waals surface area (Å²) >= 11 is 0. The largest absolute Gasteiger partial charge is 0.396 e. The standard InChI is InChI=1S/C39H64N2O7/c1-6-13-38(46,33-32(48-33)37(5,45)34(2,21-42)14-9-22-12-17-41-29(40)18-22)28-19-23-7-8-25-30-26(11-16-36(28,4)39(23,30)47)35(3)15-10-24(43)20-27(35)31(25)44/h22-24,26-29,32-33,41-43,45-47H,6-21,40H2,1-5H3/p+1. The summed E-state index contributed by atoms with van der Waals surface area (Å²) in [7, 11) is 0. The second-order valence-electron chi connectivity index (χ2n) is 18.7. The molecule has 5 aliphatic carbocycles. The van der Waals surface area contributed by atoms with Crippen LogP contribution in [0.2, 0.25) is 0 Å². The Balaban J connectivity index is 1.18. The van der Waals surface area contributed by atoms with Gasteiger partial charge in [0.1, 0.15) is 18.4 Å². The van der Waals surface area contributed by atoms with Crippen LogP contribution in [-0.4, -0.2) is 85.7 Å². The maximum Gasteiger partial charge on any atom is 0.162 e. The third-order valence-corrected chi connectivity index (χ3v) is 16.4. The van der Waals surface area contributed by atoms with Crippen molar-refractivity contribution in [3.63, 3.8) is 0 Å². The Morgan fingerprint density at radius 2 is 1.75 bits per heavy atom. The summed E-state index contributed by atoms with van der Waals surface area (Å²) < 4.78 is 6.42. The highest BCUT2D eigenvalue weighted by atomic mass is 16.6. The van der Waals surface area contributed by atoms with Crippen molar-refractivity contribution >= 4 is 5.78 Å². The van der Waals surface area contributed by atoms with Crippen molar-refractivity contribution in [2.45, 2.75) is 166 Å². The molecular formula is C39H65N2O7+. The summed E-state index contributed by atoms with van der Waals surface area (Å²) in [4.78, 5) is 14.2. The van der Waals surface area contributed by atoms with E-state index >= 15 is 0 Å². The first-order chi connectivity index (χ1) is 22.5. The maximum absolute atomic E-state index is 14.2. The zero-order valence-electron chi connectivity index (χ0n) is 30.2. The van der Waals surface area contributed by atoms with Crippen LogP contribution in [0.4, 0.5) is 0 Å². The van der Waals surface area contributed by atoms with E-state index < -0.39 is 45.9 Å². The lowest BCUT2D eigenvalue weighted by Crippen LogP contribution is -2.94. The van der Waals surface area contributed by atoms with Crippen LogP contribution in [-0.2, 0) is 9.53 Å². The number of carbonyl (C=O) groups excluding carboxylic acids is 1. The number of rotatable bonds is 10. The molecule has 15 atom stereocenters. The van der Waals surface area contributed by atoms with Gasteiger partial charge in [0.05, 0.1) is 36.1 Å². The van der Waals surface area contributed by atoms with Crippen molar-refractivity contribution in [2.75, 3.05) is 13.2 Å². The Labute approximate surface area is 287 Å². The van der Waals surface area contributed by atoms with Crippen LogP contribution in [0, 0.1) is 45.8 Å². The fraction of sp³-hybridized carbons (Fsp3) is 0.923. The van der Waals surface area contributed by atoms with Gasteiger partial charge >= 0.3 is 0 Å². The minimum Gasteiger partial charge on any atom is -0.396 e. The third kappa shape index (κ3) is 4.80. The van der Waals surface area contributed by atoms with Crippen LogP contribution in [0.3, 0.4) is 0 Å². The zero-order chi connectivity index (χ0) is 34.7. The summed E-state index contributed by atoms with van der Waals surface area (Å²) in [6.07, 6.45) is 8.79. The van der Waals surface area contributed by atoms with E-state index in [0.717, 1.165) is 62.6 Å². The van der Waals surface area contributed by atoms with Crippen LogP contribution in [0.1, 0.15) is 125 Å². The van der Waals surface area contributed by atoms with Gasteiger partial charge in [0.15, 0.2) is 5.78 Å². The first-order valence-electron chi connectivity index (χ1n) is 19.5. The molecule has 7 aliphatic rings. The normalized spacial score (nSPS) is 49.0. The smallest absolute Gasteiger partial charge is 0.162 e. The number of hydrogen-bond donors (Lipinski definition) is 7. The molecule has 0 bridgehead atoms. The summed E-state index contributed by atoms with van der Waals surface area (Å²) in [5.74, 6) is 0.185. The Hall–Kier alpha value is -0.910. The Bertz CT molecular complexity index is 1320. The lowest BCUT2D eigenvalue weighted by Gasteiger charge is -2.63. The van der Waals surface area contributed by atoms with Crippen LogP contribution >= 0.6 is 0 Å². The van der Waals surface area contributed by atoms with Gasteiger partial charge in [-0.05, 0) is 124 Å². The molecule has 3 saturated carbocycles. The van der Waals surface area contributed by atoms with E-state index in [1.165, 1.54) is 0 Å². The highest BCUT2D eigenvalue weighted by Gasteiger charge is 2.77. The topological polar surface area (TPSA) is 173 Å². The number of ether oxygens (including phenoxy) is 1. The molecule has 0 aromatic rings. The number of nitrogens with two attached hydrogens (primary N) is 2. The van der Waals surface area contributed by atoms with Gasteiger partial charge in [0, 0.05) is 23.2 Å². The molecule has 7 rings (SSSR count). The zero-order valence-corrected chi connectivity index (χ0v) is 30.2. The highest BCUT2D eigenvalue weighted by molar-refractivity contribution is 6.00. The third-order valence-electron chi connectivity index (χ3n) is 16.4. The fourth-order valence-electron chi connectivity index (χ4n) is 13.0. The van der Waals surface area contributed by atoms with E-state index in [2.05, 4.69) is 26.1 Å². The molecule has 9 N–H and O–H groups in total. The van der Waals surface area contributed by atoms with E-state index in [-0.39, 0.29) is 47.6 Å². The first kappa shape index (κ1) is 35.5. The second-order valence-corrected chi connectivity index (χ2v) is 18.7. The molecule has 9 nitrogen and oxygen atoms in total. The predicted molar refractivity (Wildman–Crippen MR) is 181 cm³/mol. The molecule has 0 amide bonds. The number of allylic oxidation sites excluding steroid dienone is 1. The highest BCUT2D eigenvalue weighted by Crippen LogP contribution is 2.74. The van der Waals surface area contributed by atoms with Crippen LogP contribution in [0.5, 0.6) is 0 Å². The summed E-state index contributed by atoms with van der Waals surface area (Å²) in [6, 6.07) is 0. The first-order valence-corrected chi connectivity index (χ1v) is 19.5. The maximum atomic E-state index is 14.2. The molecule has 2 heterocycles. The number of carbonyl (C=O) groups is 1. The molecule has 15 unspecified atom stereocenters. The van der Waals surface area contributed by atoms with Gasteiger partial charge in [-0.1, -0.05) is 34.1 Å². The minimum absolute atomic E-state index is 0.0564. The SMILES string of the molecule is CCCC(O)(C1OC1C(C)(O)C(C)(CO)CCC1CC[NH2+]C(N)C1)C1CC2CCC3=C4C(CCC1(C)C42O)C1(C)CCC(O)CC1C3=O. The van der Waals surface area contributed by atoms with Crippen LogP contribution in [0.25, 0.3) is 0 Å². The quantitative estimate of drug-likeness (QED) is 0.174. The predicted octanol–water partition coefficient (Wildman–Crippen LogP) is 2.70. The average Bonchev–Trinajstić information content (AvgIpc) is 3.83. The van der Waals surface area contributed by atoms with Crippen molar-refractivity contribution in [3.05, 3.63) is 11.1 Å². The van der Waals surface area contributed by atoms with E-state index in [0.29, 0.717) is 50.9 Å². The number of aliphatic hydroxyl groups excluding tert-OH is 2. The van der Waals surface area contributed by atoms with Gasteiger partial charge in [-0.3, -0.25) is 10.5 Å². The molecule has 0 aromatic carbocycles. The Morgan fingerprint density at radius 1 is 1.00 bits per heavy atom. The van der Waals surface area contributed by atoms with Gasteiger partial charge in [-0.25, -0.2) is 0 Å². The number of piperidine rings is 1. The molecule has 5 fully saturated rings. The van der Waals surface area contributed by atoms with Crippen molar-refractivity contribution in [1.29, 1.82) is 0 Å². The van der Waals surface area contributed by atoms with Crippen molar-refractivity contribution < 1.29 is 40.4 Å². The van der Waals surface area contributed by atoms with Gasteiger partial charge in [-0.2, -0.15) is 0 Å². The number of epoxide rings is 1. The van der Waals surface area contributed by atoms with Crippen molar-refractivity contribution in [3.8, 4) is 0 Å². The number of hydrogen-bond acceptors (Lipinski definition) is 8. The van der Waals surface area contributed by atoms with Crippen LogP contribution < -0.4 is 11.1 Å². The Kier molecular flexibility index (Phi) is 8.73. The summed E-state index contributed by atoms with van der Waals surface area (Å²) in [6.45, 7) is 11.0. The number of ketones is 1. The van der Waals surface area contributed by atoms with Crippen LogP contribution in [0.15, 0.2) is 11.1 Å². The molecule has 0 spiro atoms. The molecule has 0 radical (unpaired) electrons. The van der Waals surface area contributed by atoms with Gasteiger partial charge in [-0.15, -0.1) is 0 Å². The summed E-state index contributed by atoms with van der Waals surface area (Å²) in [5.41, 5.74) is 2.43. The lowest BCUT2D eigenvalue weighted by atomic mass is 9.42. The lowest BCUT2D eigenvalue weighted by molar-refractivity contribution is -0.699. The van der Waals surface area contributed by atoms with E-state index in [1.807, 2.05) is 6.92 Å². The molecular weight excluding hydrogens is 608 g/mol. The number of fused-ring (bicyclic) bond motifs is 2. The number of Topliss-reactive ketones (excluding diaryl/α,β-unsaturated/α-hetero) is 1. The van der Waals surface area contributed by atoms with Crippen molar-refractivity contribution in [2.24, 2.45) is 51.6 Å². The van der Waals surface area contributed by atoms with Gasteiger partial charge in [0.25, 0.3) is 0 Å². The van der Waals surface area contributed by atoms with Gasteiger partial charge < -0.3 is 35.6 Å². The van der Waals surface area contributed by atoms with E-state index in [1.54, 1.807) is 6.92 Å². The molecule has 9 heteroatoms. The molecule has 48 heavy (non-hydrogen) atoms. The number of aliphatic hydroxyl groups is 5. The fourth-order valence-corrected chi connectivity index (χ4v) is 13.0. The average molecular weight is 674 g/mol. The van der Waals surface area contributed by atoms with E-state index in [4.69, 9.17) is 10.5 Å². The van der Waals surface area contributed by atoms with Crippen molar-refractivity contribution in [1.82, 2.24) is 0 Å². The molecule has 2 aliphatic heterocycles. The second kappa shape index (κ2) is 11.8. The molecule has 272 valence electrons. The number of quaternary nitrogens is 1. The summed E-state index contributed by atoms with van der Waals surface area (Å²) in [5, 5.41) is 62.0. The Morgan fingerprint density at radius 3 is 2.44 bits per heavy atom. The monoisotopic (exact) mass is 673 g/mol. The van der Waals surface area contributed by atoms with Gasteiger partial charge in [0.2, 0.25) is 0 Å². The van der Waals surface area contributed by atoms with E-state index in [9.17, 15) is 30.3 Å².